The third kappa shape index (κ3) is 4.31. The lowest BCUT2D eigenvalue weighted by atomic mass is 9.79. The summed E-state index contributed by atoms with van der Waals surface area (Å²) < 4.78 is 6.40. The molecule has 1 nitrogen and oxygen atoms in total. The summed E-state index contributed by atoms with van der Waals surface area (Å²) >= 11 is 0. The lowest BCUT2D eigenvalue weighted by molar-refractivity contribution is -0.0970. The molecule has 114 valence electrons. The maximum Gasteiger partial charge on any atom is 0.0828 e. The molecule has 0 aliphatic carbocycles. The van der Waals surface area contributed by atoms with Crippen LogP contribution in [0.25, 0.3) is 6.08 Å². The summed E-state index contributed by atoms with van der Waals surface area (Å²) in [6.07, 6.45) is 7.13. The third-order valence-electron chi connectivity index (χ3n) is 4.33. The quantitative estimate of drug-likeness (QED) is 0.667. The minimum atomic E-state index is 0.140. The van der Waals surface area contributed by atoms with Crippen LogP contribution in [0.4, 0.5) is 0 Å². The SMILES string of the molecule is C=C(C)[C@@H]1CC[C@@H](C(C)(C)C)O[C@H]1/C=C/c1ccccc1. The fraction of sp³-hybridized carbons (Fsp3) is 0.500. The van der Waals surface area contributed by atoms with Crippen molar-refractivity contribution in [3.8, 4) is 0 Å². The summed E-state index contributed by atoms with van der Waals surface area (Å²) in [4.78, 5) is 0. The fourth-order valence-electron chi connectivity index (χ4n) is 2.96. The topological polar surface area (TPSA) is 9.23 Å². The molecule has 0 unspecified atom stereocenters. The van der Waals surface area contributed by atoms with Crippen LogP contribution >= 0.6 is 0 Å². The van der Waals surface area contributed by atoms with Gasteiger partial charge in [0, 0.05) is 5.92 Å². The molecule has 21 heavy (non-hydrogen) atoms. The van der Waals surface area contributed by atoms with Gasteiger partial charge in [0.25, 0.3) is 0 Å². The van der Waals surface area contributed by atoms with E-state index in [1.54, 1.807) is 0 Å². The van der Waals surface area contributed by atoms with E-state index in [4.69, 9.17) is 4.74 Å². The predicted octanol–water partition coefficient (Wildman–Crippen LogP) is 5.49. The summed E-state index contributed by atoms with van der Waals surface area (Å²) in [5.74, 6) is 0.434. The number of ether oxygens (including phenoxy) is 1. The Bertz CT molecular complexity index is 492. The Balaban J connectivity index is 2.14. The molecule has 1 saturated heterocycles. The smallest absolute Gasteiger partial charge is 0.0828 e. The van der Waals surface area contributed by atoms with Crippen LogP contribution in [0.1, 0.15) is 46.1 Å². The first-order chi connectivity index (χ1) is 9.88. The molecular weight excluding hydrogens is 256 g/mol. The largest absolute Gasteiger partial charge is 0.370 e. The lowest BCUT2D eigenvalue weighted by Gasteiger charge is -2.41. The molecule has 0 bridgehead atoms. The molecule has 1 heterocycles. The highest BCUT2D eigenvalue weighted by atomic mass is 16.5. The van der Waals surface area contributed by atoms with Crippen molar-refractivity contribution in [3.63, 3.8) is 0 Å². The average Bonchev–Trinajstić information content (AvgIpc) is 2.45. The van der Waals surface area contributed by atoms with Crippen LogP contribution in [-0.2, 0) is 4.74 Å². The van der Waals surface area contributed by atoms with E-state index in [0.717, 1.165) is 6.42 Å². The summed E-state index contributed by atoms with van der Waals surface area (Å²) in [6, 6.07) is 10.4. The number of hydrogen-bond acceptors (Lipinski definition) is 1. The van der Waals surface area contributed by atoms with Gasteiger partial charge >= 0.3 is 0 Å². The first kappa shape index (κ1) is 16.0. The molecule has 1 heteroatoms. The van der Waals surface area contributed by atoms with Crippen LogP contribution in [0.2, 0.25) is 0 Å². The molecule has 1 aliphatic rings. The van der Waals surface area contributed by atoms with Crippen molar-refractivity contribution in [3.05, 3.63) is 54.1 Å². The zero-order valence-electron chi connectivity index (χ0n) is 13.8. The molecule has 0 aromatic heterocycles. The molecule has 1 aliphatic heterocycles. The monoisotopic (exact) mass is 284 g/mol. The van der Waals surface area contributed by atoms with Crippen molar-refractivity contribution >= 4 is 6.08 Å². The minimum Gasteiger partial charge on any atom is -0.370 e. The molecule has 0 amide bonds. The van der Waals surface area contributed by atoms with Crippen molar-refractivity contribution < 1.29 is 4.74 Å². The van der Waals surface area contributed by atoms with Gasteiger partial charge in [-0.2, -0.15) is 0 Å². The van der Waals surface area contributed by atoms with Gasteiger partial charge in [-0.1, -0.05) is 75.4 Å². The Labute approximate surface area is 129 Å². The molecule has 0 N–H and O–H groups in total. The second-order valence-electron chi connectivity index (χ2n) is 7.26. The highest BCUT2D eigenvalue weighted by molar-refractivity contribution is 5.49. The molecule has 1 aromatic rings. The zero-order chi connectivity index (χ0) is 15.5. The summed E-state index contributed by atoms with van der Waals surface area (Å²) in [5.41, 5.74) is 2.64. The van der Waals surface area contributed by atoms with Crippen LogP contribution in [-0.4, -0.2) is 12.2 Å². The van der Waals surface area contributed by atoms with Crippen molar-refractivity contribution in [2.24, 2.45) is 11.3 Å². The van der Waals surface area contributed by atoms with E-state index in [2.05, 4.69) is 70.7 Å². The molecule has 1 aromatic carbocycles. The van der Waals surface area contributed by atoms with Gasteiger partial charge in [0.1, 0.15) is 0 Å². The maximum absolute atomic E-state index is 6.40. The first-order valence-corrected chi connectivity index (χ1v) is 7.92. The zero-order valence-corrected chi connectivity index (χ0v) is 13.8. The summed E-state index contributed by atoms with van der Waals surface area (Å²) in [5, 5.41) is 0. The van der Waals surface area contributed by atoms with Gasteiger partial charge in [0.15, 0.2) is 0 Å². The van der Waals surface area contributed by atoms with Crippen LogP contribution < -0.4 is 0 Å². The van der Waals surface area contributed by atoms with Crippen LogP contribution in [0.3, 0.4) is 0 Å². The van der Waals surface area contributed by atoms with E-state index in [0.29, 0.717) is 12.0 Å². The van der Waals surface area contributed by atoms with Crippen molar-refractivity contribution in [1.29, 1.82) is 0 Å². The van der Waals surface area contributed by atoms with Crippen LogP contribution in [0.5, 0.6) is 0 Å². The van der Waals surface area contributed by atoms with Gasteiger partial charge in [-0.3, -0.25) is 0 Å². The van der Waals surface area contributed by atoms with E-state index in [1.165, 1.54) is 17.6 Å². The number of hydrogen-bond donors (Lipinski definition) is 0. The lowest BCUT2D eigenvalue weighted by Crippen LogP contribution is -2.40. The van der Waals surface area contributed by atoms with Crippen LogP contribution in [0.15, 0.2) is 48.6 Å². The van der Waals surface area contributed by atoms with Gasteiger partial charge in [0.2, 0.25) is 0 Å². The van der Waals surface area contributed by atoms with E-state index >= 15 is 0 Å². The molecular formula is C20H28O. The Morgan fingerprint density at radius 2 is 1.86 bits per heavy atom. The fourth-order valence-corrected chi connectivity index (χ4v) is 2.96. The first-order valence-electron chi connectivity index (χ1n) is 7.92. The Kier molecular flexibility index (Phi) is 5.05. The van der Waals surface area contributed by atoms with E-state index < -0.39 is 0 Å². The average molecular weight is 284 g/mol. The van der Waals surface area contributed by atoms with E-state index in [1.807, 2.05) is 6.07 Å². The van der Waals surface area contributed by atoms with Crippen LogP contribution in [0, 0.1) is 11.3 Å². The maximum atomic E-state index is 6.40. The Morgan fingerprint density at radius 1 is 1.19 bits per heavy atom. The minimum absolute atomic E-state index is 0.140. The van der Waals surface area contributed by atoms with Crippen molar-refractivity contribution in [2.45, 2.75) is 52.7 Å². The van der Waals surface area contributed by atoms with E-state index in [-0.39, 0.29) is 11.5 Å². The number of benzene rings is 1. The molecule has 2 rings (SSSR count). The van der Waals surface area contributed by atoms with Crippen molar-refractivity contribution in [2.75, 3.05) is 0 Å². The predicted molar refractivity (Wildman–Crippen MR) is 91.1 cm³/mol. The highest BCUT2D eigenvalue weighted by Crippen LogP contribution is 2.37. The number of rotatable bonds is 3. The van der Waals surface area contributed by atoms with Gasteiger partial charge in [-0.15, -0.1) is 0 Å². The highest BCUT2D eigenvalue weighted by Gasteiger charge is 2.35. The Hall–Kier alpha value is -1.34. The summed E-state index contributed by atoms with van der Waals surface area (Å²) in [7, 11) is 0. The third-order valence-corrected chi connectivity index (χ3v) is 4.33. The van der Waals surface area contributed by atoms with Crippen molar-refractivity contribution in [1.82, 2.24) is 0 Å². The molecule has 0 radical (unpaired) electrons. The van der Waals surface area contributed by atoms with Gasteiger partial charge in [-0.05, 0) is 30.7 Å². The normalized spacial score (nSPS) is 27.0. The van der Waals surface area contributed by atoms with Gasteiger partial charge < -0.3 is 4.74 Å². The standard InChI is InChI=1S/C20H28O/c1-15(2)17-12-14-19(20(3,4)5)21-18(17)13-11-16-9-7-6-8-10-16/h6-11,13,17-19H,1,12,14H2,2-5H3/b13-11+/t17-,18-,19-/m0/s1. The molecule has 0 saturated carbocycles. The second kappa shape index (κ2) is 6.62. The molecule has 1 fully saturated rings. The van der Waals surface area contributed by atoms with E-state index in [9.17, 15) is 0 Å². The van der Waals surface area contributed by atoms with Gasteiger partial charge in [-0.25, -0.2) is 0 Å². The summed E-state index contributed by atoms with van der Waals surface area (Å²) in [6.45, 7) is 13.1. The molecule has 0 spiro atoms. The molecule has 3 atom stereocenters. The Morgan fingerprint density at radius 3 is 2.43 bits per heavy atom. The van der Waals surface area contributed by atoms with Gasteiger partial charge in [0.05, 0.1) is 12.2 Å². The second-order valence-corrected chi connectivity index (χ2v) is 7.26.